The van der Waals surface area contributed by atoms with Crippen molar-refractivity contribution in [2.45, 2.75) is 0 Å². The second-order valence-electron chi connectivity index (χ2n) is 1.78. The van der Waals surface area contributed by atoms with Crippen LogP contribution in [0.4, 0.5) is 5.69 Å². The predicted octanol–water partition coefficient (Wildman–Crippen LogP) is 3.29. The van der Waals surface area contributed by atoms with Gasteiger partial charge in [-0.3, -0.25) is 0 Å². The molecule has 0 spiro atoms. The van der Waals surface area contributed by atoms with Gasteiger partial charge in [-0.25, -0.2) is 0 Å². The quantitative estimate of drug-likeness (QED) is 0.573. The Morgan fingerprint density at radius 2 is 2.10 bits per heavy atom. The average Bonchev–Trinajstić information content (AvgIpc) is 1.82. The van der Waals surface area contributed by atoms with E-state index >= 15 is 0 Å². The van der Waals surface area contributed by atoms with Gasteiger partial charge in [-0.2, -0.15) is 0 Å². The zero-order chi connectivity index (χ0) is 7.72. The molecule has 1 aromatic rings. The highest BCUT2D eigenvalue weighted by Gasteiger charge is 2.00. The molecule has 0 unspecified atom stereocenters. The topological polar surface area (TPSA) is 26.0 Å². The van der Waals surface area contributed by atoms with Gasteiger partial charge in [0, 0.05) is 13.1 Å². The predicted molar refractivity (Wildman–Crippen MR) is 56.3 cm³/mol. The average molecular weight is 332 g/mol. The molecule has 0 heterocycles. The van der Waals surface area contributed by atoms with Gasteiger partial charge in [0.1, 0.15) is 0 Å². The molecule has 0 fully saturated rings. The molecule has 1 nitrogen and oxygen atoms in total. The number of hydrogen-bond acceptors (Lipinski definition) is 1. The summed E-state index contributed by atoms with van der Waals surface area (Å²) in [6.07, 6.45) is 0. The molecule has 0 saturated heterocycles. The number of nitrogens with two attached hydrogens (primary N) is 1. The standard InChI is InChI=1S/C6H4BrClIN/c7-4-1-3(8)2-5(9)6(4)10/h1-2H,10H2. The fraction of sp³-hybridized carbons (Fsp3) is 0. The van der Waals surface area contributed by atoms with E-state index in [0.29, 0.717) is 5.02 Å². The van der Waals surface area contributed by atoms with Crippen LogP contribution in [0.15, 0.2) is 16.6 Å². The largest absolute Gasteiger partial charge is 0.397 e. The van der Waals surface area contributed by atoms with Gasteiger partial charge in [0.15, 0.2) is 0 Å². The Kier molecular flexibility index (Phi) is 2.82. The van der Waals surface area contributed by atoms with E-state index in [4.69, 9.17) is 17.3 Å². The fourth-order valence-electron chi connectivity index (χ4n) is 0.553. The summed E-state index contributed by atoms with van der Waals surface area (Å²) in [5, 5.41) is 0.700. The third-order valence-electron chi connectivity index (χ3n) is 1.04. The van der Waals surface area contributed by atoms with E-state index in [2.05, 4.69) is 38.5 Å². The van der Waals surface area contributed by atoms with E-state index in [1.807, 2.05) is 6.07 Å². The van der Waals surface area contributed by atoms with E-state index in [0.717, 1.165) is 13.7 Å². The van der Waals surface area contributed by atoms with Gasteiger partial charge in [0.25, 0.3) is 0 Å². The monoisotopic (exact) mass is 331 g/mol. The van der Waals surface area contributed by atoms with Gasteiger partial charge in [-0.05, 0) is 50.7 Å². The number of hydrogen-bond donors (Lipinski definition) is 1. The summed E-state index contributed by atoms with van der Waals surface area (Å²) in [5.41, 5.74) is 6.38. The van der Waals surface area contributed by atoms with Gasteiger partial charge in [-0.1, -0.05) is 11.6 Å². The third-order valence-corrected chi connectivity index (χ3v) is 2.81. The maximum absolute atomic E-state index is 5.73. The second kappa shape index (κ2) is 3.28. The van der Waals surface area contributed by atoms with Crippen LogP contribution in [0.5, 0.6) is 0 Å². The number of benzene rings is 1. The van der Waals surface area contributed by atoms with Crippen LogP contribution in [0.25, 0.3) is 0 Å². The van der Waals surface area contributed by atoms with Crippen LogP contribution >= 0.6 is 50.1 Å². The molecule has 0 aliphatic heterocycles. The zero-order valence-corrected chi connectivity index (χ0v) is 9.37. The van der Waals surface area contributed by atoms with Crippen LogP contribution in [0.1, 0.15) is 0 Å². The van der Waals surface area contributed by atoms with E-state index < -0.39 is 0 Å². The third kappa shape index (κ3) is 1.77. The minimum Gasteiger partial charge on any atom is -0.397 e. The van der Waals surface area contributed by atoms with Crippen molar-refractivity contribution in [1.29, 1.82) is 0 Å². The molecule has 0 saturated carbocycles. The Bertz CT molecular complexity index is 241. The molecule has 0 aliphatic rings. The first-order valence-corrected chi connectivity index (χ1v) is 4.76. The molecule has 0 aromatic heterocycles. The van der Waals surface area contributed by atoms with Crippen molar-refractivity contribution < 1.29 is 0 Å². The molecule has 54 valence electrons. The lowest BCUT2D eigenvalue weighted by Crippen LogP contribution is -1.89. The Morgan fingerprint density at radius 3 is 2.60 bits per heavy atom. The number of nitrogen functional groups attached to an aromatic ring is 1. The molecular formula is C6H4BrClIN. The van der Waals surface area contributed by atoms with Crippen molar-refractivity contribution in [2.24, 2.45) is 0 Å². The van der Waals surface area contributed by atoms with E-state index in [-0.39, 0.29) is 0 Å². The van der Waals surface area contributed by atoms with Crippen molar-refractivity contribution in [3.63, 3.8) is 0 Å². The van der Waals surface area contributed by atoms with Crippen molar-refractivity contribution in [3.8, 4) is 0 Å². The Labute approximate surface area is 86.2 Å². The molecule has 1 rings (SSSR count). The maximum Gasteiger partial charge on any atom is 0.0595 e. The lowest BCUT2D eigenvalue weighted by Gasteiger charge is -2.00. The van der Waals surface area contributed by atoms with E-state index in [9.17, 15) is 0 Å². The first kappa shape index (κ1) is 8.62. The molecule has 0 aliphatic carbocycles. The molecular weight excluding hydrogens is 328 g/mol. The summed E-state index contributed by atoms with van der Waals surface area (Å²) in [7, 11) is 0. The Hall–Kier alpha value is 0.520. The highest BCUT2D eigenvalue weighted by atomic mass is 127. The molecule has 0 radical (unpaired) electrons. The van der Waals surface area contributed by atoms with Gasteiger partial charge < -0.3 is 5.73 Å². The van der Waals surface area contributed by atoms with Crippen LogP contribution < -0.4 is 5.73 Å². The highest BCUT2D eigenvalue weighted by Crippen LogP contribution is 2.28. The minimum absolute atomic E-state index is 0.700. The van der Waals surface area contributed by atoms with Gasteiger partial charge in [0.2, 0.25) is 0 Å². The number of rotatable bonds is 0. The van der Waals surface area contributed by atoms with Crippen molar-refractivity contribution >= 4 is 55.8 Å². The van der Waals surface area contributed by atoms with Crippen molar-refractivity contribution in [2.75, 3.05) is 5.73 Å². The van der Waals surface area contributed by atoms with Crippen LogP contribution in [-0.2, 0) is 0 Å². The normalized spacial score (nSPS) is 9.90. The van der Waals surface area contributed by atoms with Gasteiger partial charge in [-0.15, -0.1) is 0 Å². The number of halogens is 3. The summed E-state index contributed by atoms with van der Waals surface area (Å²) >= 11 is 11.2. The number of anilines is 1. The molecule has 0 amide bonds. The van der Waals surface area contributed by atoms with Crippen LogP contribution in [0.2, 0.25) is 5.02 Å². The Balaban J connectivity index is 3.31. The van der Waals surface area contributed by atoms with Crippen LogP contribution in [0, 0.1) is 3.57 Å². The van der Waals surface area contributed by atoms with Crippen LogP contribution in [0.3, 0.4) is 0 Å². The minimum atomic E-state index is 0.700. The molecule has 0 atom stereocenters. The Morgan fingerprint density at radius 1 is 1.50 bits per heavy atom. The van der Waals surface area contributed by atoms with Gasteiger partial charge >= 0.3 is 0 Å². The maximum atomic E-state index is 5.73. The summed E-state index contributed by atoms with van der Waals surface area (Å²) in [5.74, 6) is 0. The first-order valence-electron chi connectivity index (χ1n) is 2.51. The van der Waals surface area contributed by atoms with Crippen molar-refractivity contribution in [3.05, 3.63) is 25.2 Å². The summed E-state index contributed by atoms with van der Waals surface area (Å²) in [6.45, 7) is 0. The summed E-state index contributed by atoms with van der Waals surface area (Å²) < 4.78 is 1.82. The fourth-order valence-corrected chi connectivity index (χ4v) is 2.54. The lowest BCUT2D eigenvalue weighted by atomic mass is 10.3. The second-order valence-corrected chi connectivity index (χ2v) is 4.24. The summed E-state index contributed by atoms with van der Waals surface area (Å²) in [6, 6.07) is 3.60. The first-order chi connectivity index (χ1) is 4.61. The smallest absolute Gasteiger partial charge is 0.0595 e. The molecule has 4 heteroatoms. The molecule has 1 aromatic carbocycles. The van der Waals surface area contributed by atoms with Gasteiger partial charge in [0.05, 0.1) is 5.69 Å². The lowest BCUT2D eigenvalue weighted by molar-refractivity contribution is 1.58. The van der Waals surface area contributed by atoms with E-state index in [1.165, 1.54) is 0 Å². The van der Waals surface area contributed by atoms with Crippen LogP contribution in [-0.4, -0.2) is 0 Å². The molecule has 10 heavy (non-hydrogen) atoms. The SMILES string of the molecule is Nc1c(Br)cc(Cl)cc1I. The molecule has 0 bridgehead atoms. The van der Waals surface area contributed by atoms with E-state index in [1.54, 1.807) is 6.07 Å². The van der Waals surface area contributed by atoms with Crippen molar-refractivity contribution in [1.82, 2.24) is 0 Å². The zero-order valence-electron chi connectivity index (χ0n) is 4.87. The molecule has 2 N–H and O–H groups in total. The highest BCUT2D eigenvalue weighted by molar-refractivity contribution is 14.1. The summed E-state index contributed by atoms with van der Waals surface area (Å²) in [4.78, 5) is 0.